The van der Waals surface area contributed by atoms with Crippen LogP contribution in [0.15, 0.2) is 53.9 Å². The molecule has 0 fully saturated rings. The van der Waals surface area contributed by atoms with Gasteiger partial charge in [-0.2, -0.15) is 0 Å². The third kappa shape index (κ3) is 5.65. The van der Waals surface area contributed by atoms with Crippen molar-refractivity contribution < 1.29 is 4.74 Å². The smallest absolute Gasteiger partial charge is 0.140 e. The number of hydrogen-bond donors (Lipinski definition) is 1. The summed E-state index contributed by atoms with van der Waals surface area (Å²) in [7, 11) is 0. The van der Waals surface area contributed by atoms with Gasteiger partial charge < -0.3 is 10.1 Å². The molecule has 4 heteroatoms. The van der Waals surface area contributed by atoms with Crippen LogP contribution < -0.4 is 10.1 Å². The molecule has 1 aromatic heterocycles. The summed E-state index contributed by atoms with van der Waals surface area (Å²) in [4.78, 5) is 4.68. The predicted molar refractivity (Wildman–Crippen MR) is 113 cm³/mol. The molecular formula is C23H28N2OS. The molecule has 1 unspecified atom stereocenters. The molecule has 0 spiro atoms. The minimum atomic E-state index is 0.292. The molecule has 1 atom stereocenters. The van der Waals surface area contributed by atoms with Gasteiger partial charge in [0.15, 0.2) is 0 Å². The van der Waals surface area contributed by atoms with Crippen molar-refractivity contribution in [1.29, 1.82) is 0 Å². The molecule has 142 valence electrons. The van der Waals surface area contributed by atoms with E-state index >= 15 is 0 Å². The van der Waals surface area contributed by atoms with Gasteiger partial charge in [0.1, 0.15) is 17.4 Å². The van der Waals surface area contributed by atoms with E-state index in [9.17, 15) is 0 Å². The van der Waals surface area contributed by atoms with Gasteiger partial charge in [-0.25, -0.2) is 4.98 Å². The van der Waals surface area contributed by atoms with Crippen molar-refractivity contribution in [3.63, 3.8) is 0 Å². The summed E-state index contributed by atoms with van der Waals surface area (Å²) < 4.78 is 5.81. The molecule has 0 bridgehead atoms. The summed E-state index contributed by atoms with van der Waals surface area (Å²) in [6.07, 6.45) is 0. The van der Waals surface area contributed by atoms with Gasteiger partial charge in [0.05, 0.1) is 5.69 Å². The number of aryl methyl sites for hydroxylation is 1. The Morgan fingerprint density at radius 1 is 0.963 bits per heavy atom. The molecule has 0 amide bonds. The minimum Gasteiger partial charge on any atom is -0.486 e. The molecule has 0 saturated carbocycles. The van der Waals surface area contributed by atoms with Gasteiger partial charge in [0.2, 0.25) is 0 Å². The molecule has 0 aliphatic rings. The third-order valence-electron chi connectivity index (χ3n) is 4.68. The molecule has 0 aliphatic heterocycles. The van der Waals surface area contributed by atoms with Crippen molar-refractivity contribution in [1.82, 2.24) is 10.3 Å². The van der Waals surface area contributed by atoms with E-state index in [4.69, 9.17) is 4.74 Å². The van der Waals surface area contributed by atoms with Gasteiger partial charge in [0.25, 0.3) is 0 Å². The molecule has 3 nitrogen and oxygen atoms in total. The Morgan fingerprint density at radius 2 is 1.63 bits per heavy atom. The monoisotopic (exact) mass is 380 g/mol. The van der Waals surface area contributed by atoms with E-state index in [0.717, 1.165) is 23.0 Å². The molecule has 3 rings (SSSR count). The van der Waals surface area contributed by atoms with Crippen LogP contribution in [-0.4, -0.2) is 4.98 Å². The largest absolute Gasteiger partial charge is 0.486 e. The molecule has 2 aromatic carbocycles. The molecule has 0 radical (unpaired) electrons. The van der Waals surface area contributed by atoms with E-state index < -0.39 is 0 Å². The molecule has 0 saturated heterocycles. The Kier molecular flexibility index (Phi) is 6.64. The van der Waals surface area contributed by atoms with Crippen molar-refractivity contribution in [2.75, 3.05) is 0 Å². The van der Waals surface area contributed by atoms with Gasteiger partial charge in [-0.15, -0.1) is 11.3 Å². The fourth-order valence-corrected chi connectivity index (χ4v) is 3.53. The normalized spacial score (nSPS) is 12.3. The highest BCUT2D eigenvalue weighted by Crippen LogP contribution is 2.20. The highest BCUT2D eigenvalue weighted by Gasteiger charge is 2.08. The van der Waals surface area contributed by atoms with Crippen molar-refractivity contribution in [2.24, 2.45) is 0 Å². The number of thiazole rings is 1. The Morgan fingerprint density at radius 3 is 2.30 bits per heavy atom. The van der Waals surface area contributed by atoms with E-state index in [1.54, 1.807) is 11.3 Å². The second-order valence-corrected chi connectivity index (χ2v) is 8.20. The average molecular weight is 381 g/mol. The Balaban J connectivity index is 1.49. The lowest BCUT2D eigenvalue weighted by atomic mass is 9.99. The number of ether oxygens (including phenoxy) is 1. The van der Waals surface area contributed by atoms with Crippen LogP contribution in [0.4, 0.5) is 0 Å². The number of rotatable bonds is 8. The highest BCUT2D eigenvalue weighted by atomic mass is 32.1. The first-order chi connectivity index (χ1) is 13.0. The van der Waals surface area contributed by atoms with E-state index in [0.29, 0.717) is 18.6 Å². The number of benzene rings is 2. The van der Waals surface area contributed by atoms with Crippen molar-refractivity contribution in [3.05, 3.63) is 81.3 Å². The molecule has 0 aliphatic carbocycles. The number of nitrogens with zero attached hydrogens (tertiary/aromatic N) is 1. The lowest BCUT2D eigenvalue weighted by Crippen LogP contribution is -2.18. The lowest BCUT2D eigenvalue weighted by molar-refractivity contribution is 0.305. The Hall–Kier alpha value is -2.17. The Bertz CT molecular complexity index is 838. The first kappa shape index (κ1) is 19.6. The number of aromatic nitrogens is 1. The van der Waals surface area contributed by atoms with E-state index in [1.807, 2.05) is 12.1 Å². The zero-order chi connectivity index (χ0) is 19.2. The first-order valence-corrected chi connectivity index (χ1v) is 10.3. The van der Waals surface area contributed by atoms with Crippen LogP contribution in [-0.2, 0) is 13.2 Å². The van der Waals surface area contributed by atoms with Crippen LogP contribution in [0.1, 0.15) is 60.1 Å². The summed E-state index contributed by atoms with van der Waals surface area (Å²) in [6, 6.07) is 17.3. The average Bonchev–Trinajstić information content (AvgIpc) is 3.13. The quantitative estimate of drug-likeness (QED) is 0.520. The molecule has 1 heterocycles. The van der Waals surface area contributed by atoms with Crippen molar-refractivity contribution in [2.45, 2.75) is 52.8 Å². The number of nitrogens with one attached hydrogen (secondary N) is 1. The van der Waals surface area contributed by atoms with E-state index in [1.165, 1.54) is 16.7 Å². The number of hydrogen-bond acceptors (Lipinski definition) is 4. The van der Waals surface area contributed by atoms with Gasteiger partial charge in [-0.1, -0.05) is 55.8 Å². The van der Waals surface area contributed by atoms with Crippen LogP contribution in [0.5, 0.6) is 5.75 Å². The SMILES string of the molecule is Cc1ccc(OCc2nc(CNC(C)c3ccc(C(C)C)cc3)cs2)cc1. The maximum atomic E-state index is 5.81. The maximum Gasteiger partial charge on any atom is 0.140 e. The van der Waals surface area contributed by atoms with E-state index in [2.05, 4.69) is 79.8 Å². The lowest BCUT2D eigenvalue weighted by Gasteiger charge is -2.14. The summed E-state index contributed by atoms with van der Waals surface area (Å²) in [5, 5.41) is 6.67. The summed E-state index contributed by atoms with van der Waals surface area (Å²) in [5.41, 5.74) is 4.98. The molecule has 27 heavy (non-hydrogen) atoms. The molecule has 3 aromatic rings. The van der Waals surface area contributed by atoms with E-state index in [-0.39, 0.29) is 0 Å². The van der Waals surface area contributed by atoms with Gasteiger partial charge >= 0.3 is 0 Å². The molecule has 1 N–H and O–H groups in total. The van der Waals surface area contributed by atoms with Gasteiger partial charge in [0, 0.05) is 18.0 Å². The minimum absolute atomic E-state index is 0.292. The van der Waals surface area contributed by atoms with Crippen LogP contribution in [0, 0.1) is 6.92 Å². The summed E-state index contributed by atoms with van der Waals surface area (Å²) in [5.74, 6) is 1.45. The summed E-state index contributed by atoms with van der Waals surface area (Å²) >= 11 is 1.65. The second-order valence-electron chi connectivity index (χ2n) is 7.26. The molecular weight excluding hydrogens is 352 g/mol. The van der Waals surface area contributed by atoms with Crippen LogP contribution in [0.2, 0.25) is 0 Å². The Labute approximate surface area is 166 Å². The van der Waals surface area contributed by atoms with Crippen molar-refractivity contribution in [3.8, 4) is 5.75 Å². The maximum absolute atomic E-state index is 5.81. The van der Waals surface area contributed by atoms with Gasteiger partial charge in [-0.3, -0.25) is 0 Å². The van der Waals surface area contributed by atoms with Crippen LogP contribution in [0.25, 0.3) is 0 Å². The zero-order valence-electron chi connectivity index (χ0n) is 16.5. The predicted octanol–water partition coefficient (Wildman–Crippen LogP) is 6.00. The fourth-order valence-electron chi connectivity index (χ4n) is 2.82. The summed E-state index contributed by atoms with van der Waals surface area (Å²) in [6.45, 7) is 9.98. The van der Waals surface area contributed by atoms with Crippen LogP contribution in [0.3, 0.4) is 0 Å². The highest BCUT2D eigenvalue weighted by molar-refractivity contribution is 7.09. The third-order valence-corrected chi connectivity index (χ3v) is 5.55. The topological polar surface area (TPSA) is 34.1 Å². The zero-order valence-corrected chi connectivity index (χ0v) is 17.3. The fraction of sp³-hybridized carbons (Fsp3) is 0.348. The van der Waals surface area contributed by atoms with Crippen LogP contribution >= 0.6 is 11.3 Å². The van der Waals surface area contributed by atoms with Gasteiger partial charge in [-0.05, 0) is 43.0 Å². The first-order valence-electron chi connectivity index (χ1n) is 9.47. The second kappa shape index (κ2) is 9.16. The standard InChI is InChI=1S/C23H28N2OS/c1-16(2)19-7-9-20(10-8-19)18(4)24-13-21-15-27-23(25-21)14-26-22-11-5-17(3)6-12-22/h5-12,15-16,18,24H,13-14H2,1-4H3. The van der Waals surface area contributed by atoms with Crippen molar-refractivity contribution >= 4 is 11.3 Å².